The molecule has 0 atom stereocenters. The molecule has 0 aromatic carbocycles. The van der Waals surface area contributed by atoms with Crippen LogP contribution in [0.15, 0.2) is 35.0 Å². The summed E-state index contributed by atoms with van der Waals surface area (Å²) < 4.78 is 8.53. The van der Waals surface area contributed by atoms with Gasteiger partial charge in [-0.05, 0) is 44.9 Å². The molecule has 1 aliphatic carbocycles. The summed E-state index contributed by atoms with van der Waals surface area (Å²) in [5.74, 6) is 2.93. The summed E-state index contributed by atoms with van der Waals surface area (Å²) in [7, 11) is 0. The van der Waals surface area contributed by atoms with Crippen molar-refractivity contribution in [2.24, 2.45) is 0 Å². The molecule has 0 amide bonds. The molecular formula is C29H36N8O. The van der Waals surface area contributed by atoms with Crippen LogP contribution < -0.4 is 10.2 Å². The summed E-state index contributed by atoms with van der Waals surface area (Å²) in [6.45, 7) is 10.7. The van der Waals surface area contributed by atoms with Crippen LogP contribution in [0.1, 0.15) is 57.5 Å². The van der Waals surface area contributed by atoms with Crippen molar-refractivity contribution in [1.82, 2.24) is 29.4 Å². The second-order valence-electron chi connectivity index (χ2n) is 11.5. The van der Waals surface area contributed by atoms with Crippen LogP contribution in [0, 0.1) is 6.92 Å². The maximum absolute atomic E-state index is 6.09. The van der Waals surface area contributed by atoms with Gasteiger partial charge in [0.1, 0.15) is 11.5 Å². The van der Waals surface area contributed by atoms with Crippen molar-refractivity contribution in [3.05, 3.63) is 42.2 Å². The Bertz CT molecular complexity index is 1460. The molecule has 4 aromatic rings. The van der Waals surface area contributed by atoms with Crippen molar-refractivity contribution < 1.29 is 4.42 Å². The van der Waals surface area contributed by atoms with Crippen molar-refractivity contribution >= 4 is 28.5 Å². The number of hydrogen-bond donors (Lipinski definition) is 1. The lowest BCUT2D eigenvalue weighted by Gasteiger charge is -2.42. The van der Waals surface area contributed by atoms with Crippen LogP contribution >= 0.6 is 0 Å². The molecule has 0 bridgehead atoms. The highest BCUT2D eigenvalue weighted by Crippen LogP contribution is 2.48. The van der Waals surface area contributed by atoms with Crippen LogP contribution in [-0.2, 0) is 12.0 Å². The number of anilines is 3. The van der Waals surface area contributed by atoms with Gasteiger partial charge in [-0.3, -0.25) is 4.90 Å². The molecule has 1 saturated heterocycles. The van der Waals surface area contributed by atoms with Crippen molar-refractivity contribution in [3.8, 4) is 11.5 Å². The van der Waals surface area contributed by atoms with Crippen LogP contribution in [0.4, 0.5) is 17.5 Å². The Morgan fingerprint density at radius 3 is 2.53 bits per heavy atom. The molecule has 4 aromatic heterocycles. The Morgan fingerprint density at radius 1 is 0.974 bits per heavy atom. The van der Waals surface area contributed by atoms with Crippen LogP contribution in [0.2, 0.25) is 0 Å². The van der Waals surface area contributed by atoms with E-state index in [1.807, 2.05) is 25.4 Å². The van der Waals surface area contributed by atoms with Gasteiger partial charge in [0.25, 0.3) is 0 Å². The molecule has 0 unspecified atom stereocenters. The van der Waals surface area contributed by atoms with E-state index in [9.17, 15) is 0 Å². The largest absolute Gasteiger partial charge is 0.439 e. The quantitative estimate of drug-likeness (QED) is 0.395. The van der Waals surface area contributed by atoms with Crippen molar-refractivity contribution in [2.75, 3.05) is 36.4 Å². The van der Waals surface area contributed by atoms with E-state index in [0.717, 1.165) is 91.0 Å². The minimum absolute atomic E-state index is 0.00321. The summed E-state index contributed by atoms with van der Waals surface area (Å²) in [5, 5.41) is 4.38. The second kappa shape index (κ2) is 9.08. The highest BCUT2D eigenvalue weighted by Gasteiger charge is 2.43. The number of aromatic nitrogens is 5. The zero-order valence-electron chi connectivity index (χ0n) is 22.6. The maximum atomic E-state index is 6.09. The van der Waals surface area contributed by atoms with E-state index in [4.69, 9.17) is 19.4 Å². The van der Waals surface area contributed by atoms with E-state index in [2.05, 4.69) is 50.6 Å². The number of nitrogens with zero attached hydrogens (tertiary/aromatic N) is 7. The standard InChI is InChI=1S/C29H36N8O/c1-19(2)35-11-13-36(14-12-35)22-7-8-25(30-18-22)33-28-31-17-21-15-24-26-23(32-20(3)38-26)16-29(9-5-4-6-10-29)37(24)27(21)34-28/h7-8,15,17-19H,4-6,9-14,16H2,1-3H3,(H,30,31,33,34). The van der Waals surface area contributed by atoms with Gasteiger partial charge in [-0.1, -0.05) is 19.3 Å². The fraction of sp³-hybridized carbons (Fsp3) is 0.517. The highest BCUT2D eigenvalue weighted by molar-refractivity contribution is 5.85. The molecule has 6 heterocycles. The molecule has 1 saturated carbocycles. The molecule has 198 valence electrons. The van der Waals surface area contributed by atoms with Crippen LogP contribution in [0.25, 0.3) is 22.5 Å². The van der Waals surface area contributed by atoms with Crippen molar-refractivity contribution in [1.29, 1.82) is 0 Å². The molecule has 3 aliphatic rings. The predicted molar refractivity (Wildman–Crippen MR) is 149 cm³/mol. The van der Waals surface area contributed by atoms with Crippen LogP contribution in [0.5, 0.6) is 0 Å². The number of aryl methyl sites for hydroxylation is 1. The number of pyridine rings is 1. The monoisotopic (exact) mass is 512 g/mol. The molecular weight excluding hydrogens is 476 g/mol. The predicted octanol–water partition coefficient (Wildman–Crippen LogP) is 5.28. The Hall–Kier alpha value is -3.46. The third-order valence-corrected chi connectivity index (χ3v) is 8.73. The number of fused-ring (bicyclic) bond motifs is 6. The van der Waals surface area contributed by atoms with Gasteiger partial charge < -0.3 is 19.2 Å². The second-order valence-corrected chi connectivity index (χ2v) is 11.5. The van der Waals surface area contributed by atoms with E-state index < -0.39 is 0 Å². The van der Waals surface area contributed by atoms with Crippen LogP contribution in [0.3, 0.4) is 0 Å². The fourth-order valence-corrected chi connectivity index (χ4v) is 6.75. The lowest BCUT2D eigenvalue weighted by Crippen LogP contribution is -2.48. The van der Waals surface area contributed by atoms with E-state index in [1.54, 1.807) is 0 Å². The zero-order chi connectivity index (χ0) is 25.9. The molecule has 1 spiro atoms. The molecule has 7 rings (SSSR count). The number of rotatable bonds is 4. The lowest BCUT2D eigenvalue weighted by atomic mass is 9.76. The van der Waals surface area contributed by atoms with Crippen molar-refractivity contribution in [3.63, 3.8) is 0 Å². The number of hydrogen-bond acceptors (Lipinski definition) is 8. The molecule has 38 heavy (non-hydrogen) atoms. The SMILES string of the molecule is Cc1nc2c(o1)-c1cc3cnc(Nc4ccc(N5CCN(C(C)C)CC5)cn4)nc3n1C1(CCCCC1)C2. The highest BCUT2D eigenvalue weighted by atomic mass is 16.4. The minimum atomic E-state index is -0.00321. The van der Waals surface area contributed by atoms with Gasteiger partial charge in [-0.2, -0.15) is 4.98 Å². The lowest BCUT2D eigenvalue weighted by molar-refractivity contribution is 0.192. The molecule has 1 N–H and O–H groups in total. The van der Waals surface area contributed by atoms with Gasteiger partial charge >= 0.3 is 0 Å². The fourth-order valence-electron chi connectivity index (χ4n) is 6.75. The zero-order valence-corrected chi connectivity index (χ0v) is 22.6. The molecule has 0 radical (unpaired) electrons. The van der Waals surface area contributed by atoms with Gasteiger partial charge in [-0.25, -0.2) is 15.0 Å². The first-order valence-electron chi connectivity index (χ1n) is 14.1. The van der Waals surface area contributed by atoms with Gasteiger partial charge in [0.2, 0.25) is 5.95 Å². The van der Waals surface area contributed by atoms with E-state index in [-0.39, 0.29) is 5.54 Å². The Balaban J connectivity index is 1.18. The molecule has 2 aliphatic heterocycles. The topological polar surface area (TPSA) is 88.1 Å². The number of oxazole rings is 1. The van der Waals surface area contributed by atoms with Gasteiger partial charge in [0, 0.05) is 57.1 Å². The summed E-state index contributed by atoms with van der Waals surface area (Å²) >= 11 is 0. The smallest absolute Gasteiger partial charge is 0.230 e. The van der Waals surface area contributed by atoms with Gasteiger partial charge in [0.05, 0.1) is 28.8 Å². The summed E-state index contributed by atoms with van der Waals surface area (Å²) in [6.07, 6.45) is 10.8. The number of nitrogens with one attached hydrogen (secondary N) is 1. The Morgan fingerprint density at radius 2 is 1.79 bits per heavy atom. The van der Waals surface area contributed by atoms with E-state index in [1.165, 1.54) is 19.3 Å². The summed E-state index contributed by atoms with van der Waals surface area (Å²) in [4.78, 5) is 24.1. The van der Waals surface area contributed by atoms with Gasteiger partial charge in [-0.15, -0.1) is 0 Å². The van der Waals surface area contributed by atoms with E-state index in [0.29, 0.717) is 12.0 Å². The minimum Gasteiger partial charge on any atom is -0.439 e. The first-order valence-corrected chi connectivity index (χ1v) is 14.1. The maximum Gasteiger partial charge on any atom is 0.230 e. The average Bonchev–Trinajstić information content (AvgIpc) is 3.50. The third kappa shape index (κ3) is 3.95. The Labute approximate surface area is 223 Å². The number of piperazine rings is 1. The third-order valence-electron chi connectivity index (χ3n) is 8.73. The summed E-state index contributed by atoms with van der Waals surface area (Å²) in [5.41, 5.74) is 4.28. The molecule has 9 nitrogen and oxygen atoms in total. The first kappa shape index (κ1) is 23.6. The normalized spacial score (nSPS) is 19.2. The first-order chi connectivity index (χ1) is 18.5. The molecule has 9 heteroatoms. The van der Waals surface area contributed by atoms with Crippen LogP contribution in [-0.4, -0.2) is 61.6 Å². The summed E-state index contributed by atoms with van der Waals surface area (Å²) in [6, 6.07) is 6.94. The van der Waals surface area contributed by atoms with Crippen molar-refractivity contribution in [2.45, 2.75) is 70.9 Å². The van der Waals surface area contributed by atoms with Gasteiger partial charge in [0.15, 0.2) is 11.7 Å². The molecule has 2 fully saturated rings. The average molecular weight is 513 g/mol. The Kier molecular flexibility index (Phi) is 5.65. The van der Waals surface area contributed by atoms with E-state index >= 15 is 0 Å².